The summed E-state index contributed by atoms with van der Waals surface area (Å²) < 4.78 is 13.9. The zero-order valence-corrected chi connectivity index (χ0v) is 12.1. The lowest BCUT2D eigenvalue weighted by atomic mass is 10.2. The summed E-state index contributed by atoms with van der Waals surface area (Å²) in [5, 5.41) is 2.77. The molecular weight excluding hydrogens is 261 g/mol. The smallest absolute Gasteiger partial charge is 0.254 e. The van der Waals surface area contributed by atoms with Crippen LogP contribution < -0.4 is 16.6 Å². The summed E-state index contributed by atoms with van der Waals surface area (Å²) in [6.07, 6.45) is 1.34. The molecule has 0 aliphatic carbocycles. The highest BCUT2D eigenvalue weighted by atomic mass is 19.1. The molecule has 20 heavy (non-hydrogen) atoms. The van der Waals surface area contributed by atoms with Crippen LogP contribution in [0.4, 0.5) is 10.2 Å². The first-order valence-electron chi connectivity index (χ1n) is 6.67. The van der Waals surface area contributed by atoms with Gasteiger partial charge in [0.05, 0.1) is 5.56 Å². The predicted octanol–water partition coefficient (Wildman–Crippen LogP) is 0.966. The molecule has 0 saturated heterocycles. The number of hydrazine groups is 1. The van der Waals surface area contributed by atoms with Crippen molar-refractivity contribution in [3.8, 4) is 0 Å². The molecule has 1 aromatic rings. The van der Waals surface area contributed by atoms with Gasteiger partial charge in [0, 0.05) is 18.8 Å². The number of hydrogen-bond donors (Lipinski definition) is 3. The number of nitrogens with two attached hydrogens (primary N) is 1. The van der Waals surface area contributed by atoms with Crippen LogP contribution in [0.15, 0.2) is 12.3 Å². The summed E-state index contributed by atoms with van der Waals surface area (Å²) in [6, 6.07) is 1.25. The van der Waals surface area contributed by atoms with Gasteiger partial charge in [0.1, 0.15) is 0 Å². The number of nitrogen functional groups attached to an aromatic ring is 1. The van der Waals surface area contributed by atoms with Crippen molar-refractivity contribution in [3.63, 3.8) is 0 Å². The number of likely N-dealkylation sites (N-methyl/N-ethyl adjacent to an activating group) is 1. The quantitative estimate of drug-likeness (QED) is 0.513. The third kappa shape index (κ3) is 4.14. The molecule has 0 aliphatic heterocycles. The van der Waals surface area contributed by atoms with Crippen molar-refractivity contribution in [1.29, 1.82) is 0 Å². The Morgan fingerprint density at radius 2 is 2.15 bits per heavy atom. The SMILES string of the molecule is CCN(CC)CC(C)NC(=O)c1ccnc(NN)c1F. The molecule has 1 atom stereocenters. The van der Waals surface area contributed by atoms with Gasteiger partial charge in [-0.15, -0.1) is 0 Å². The fraction of sp³-hybridized carbons (Fsp3) is 0.538. The van der Waals surface area contributed by atoms with Gasteiger partial charge in [-0.3, -0.25) is 4.79 Å². The van der Waals surface area contributed by atoms with Crippen LogP contribution in [0.5, 0.6) is 0 Å². The molecule has 1 heterocycles. The Kier molecular flexibility index (Phi) is 6.33. The van der Waals surface area contributed by atoms with E-state index in [2.05, 4.69) is 34.5 Å². The first-order valence-corrected chi connectivity index (χ1v) is 6.67. The topological polar surface area (TPSA) is 83.3 Å². The van der Waals surface area contributed by atoms with E-state index in [0.717, 1.165) is 13.1 Å². The predicted molar refractivity (Wildman–Crippen MR) is 76.7 cm³/mol. The average Bonchev–Trinajstić information content (AvgIpc) is 2.44. The third-order valence-corrected chi connectivity index (χ3v) is 3.07. The molecule has 1 rings (SSSR count). The van der Waals surface area contributed by atoms with Gasteiger partial charge in [-0.05, 0) is 26.1 Å². The number of hydrogen-bond acceptors (Lipinski definition) is 5. The maximum atomic E-state index is 13.9. The van der Waals surface area contributed by atoms with E-state index in [9.17, 15) is 9.18 Å². The summed E-state index contributed by atoms with van der Waals surface area (Å²) in [7, 11) is 0. The standard InChI is InChI=1S/C13H22FN5O/c1-4-19(5-2)8-9(3)17-13(20)10-6-7-16-12(18-15)11(10)14/h6-7,9H,4-5,8,15H2,1-3H3,(H,16,18)(H,17,20). The molecule has 7 heteroatoms. The second kappa shape index (κ2) is 7.76. The number of anilines is 1. The summed E-state index contributed by atoms with van der Waals surface area (Å²) in [5.74, 6) is 3.77. The van der Waals surface area contributed by atoms with E-state index in [4.69, 9.17) is 5.84 Å². The lowest BCUT2D eigenvalue weighted by Gasteiger charge is -2.23. The van der Waals surface area contributed by atoms with Crippen LogP contribution in [0.25, 0.3) is 0 Å². The monoisotopic (exact) mass is 283 g/mol. The second-order valence-electron chi connectivity index (χ2n) is 4.53. The Labute approximate surface area is 118 Å². The van der Waals surface area contributed by atoms with Gasteiger partial charge in [0.2, 0.25) is 0 Å². The number of rotatable bonds is 7. The highest BCUT2D eigenvalue weighted by Crippen LogP contribution is 2.13. The van der Waals surface area contributed by atoms with Crippen LogP contribution in [0, 0.1) is 5.82 Å². The lowest BCUT2D eigenvalue weighted by Crippen LogP contribution is -2.42. The van der Waals surface area contributed by atoms with Crippen LogP contribution >= 0.6 is 0 Å². The van der Waals surface area contributed by atoms with Crippen molar-refractivity contribution in [2.75, 3.05) is 25.1 Å². The number of amides is 1. The molecule has 0 aromatic carbocycles. The zero-order chi connectivity index (χ0) is 15.1. The van der Waals surface area contributed by atoms with E-state index < -0.39 is 11.7 Å². The van der Waals surface area contributed by atoms with E-state index in [-0.39, 0.29) is 17.4 Å². The van der Waals surface area contributed by atoms with E-state index >= 15 is 0 Å². The molecule has 0 radical (unpaired) electrons. The molecule has 4 N–H and O–H groups in total. The molecule has 6 nitrogen and oxygen atoms in total. The third-order valence-electron chi connectivity index (χ3n) is 3.07. The van der Waals surface area contributed by atoms with Gasteiger partial charge in [-0.1, -0.05) is 13.8 Å². The van der Waals surface area contributed by atoms with Crippen molar-refractivity contribution in [2.24, 2.45) is 5.84 Å². The number of carbonyl (C=O) groups excluding carboxylic acids is 1. The number of halogens is 1. The molecule has 1 unspecified atom stereocenters. The normalized spacial score (nSPS) is 12.3. The average molecular weight is 283 g/mol. The maximum Gasteiger partial charge on any atom is 0.254 e. The van der Waals surface area contributed by atoms with Crippen LogP contribution in [0.3, 0.4) is 0 Å². The largest absolute Gasteiger partial charge is 0.348 e. The number of aromatic nitrogens is 1. The molecule has 0 spiro atoms. The Hall–Kier alpha value is -1.73. The Morgan fingerprint density at radius 3 is 2.70 bits per heavy atom. The Balaban J connectivity index is 2.71. The van der Waals surface area contributed by atoms with Gasteiger partial charge >= 0.3 is 0 Å². The molecule has 112 valence electrons. The van der Waals surface area contributed by atoms with Crippen molar-refractivity contribution in [1.82, 2.24) is 15.2 Å². The summed E-state index contributed by atoms with van der Waals surface area (Å²) in [4.78, 5) is 17.9. The van der Waals surface area contributed by atoms with Gasteiger partial charge in [-0.2, -0.15) is 0 Å². The molecule has 0 saturated carbocycles. The zero-order valence-electron chi connectivity index (χ0n) is 12.1. The fourth-order valence-electron chi connectivity index (χ4n) is 1.94. The van der Waals surface area contributed by atoms with E-state index in [0.29, 0.717) is 6.54 Å². The van der Waals surface area contributed by atoms with Crippen LogP contribution in [-0.4, -0.2) is 41.5 Å². The fourth-order valence-corrected chi connectivity index (χ4v) is 1.94. The molecule has 0 bridgehead atoms. The number of pyridine rings is 1. The van der Waals surface area contributed by atoms with Gasteiger partial charge in [-0.25, -0.2) is 15.2 Å². The molecule has 0 fully saturated rings. The van der Waals surface area contributed by atoms with E-state index in [1.165, 1.54) is 12.3 Å². The Morgan fingerprint density at radius 1 is 1.50 bits per heavy atom. The molecule has 1 amide bonds. The number of nitrogens with one attached hydrogen (secondary N) is 2. The van der Waals surface area contributed by atoms with Gasteiger partial charge in [0.15, 0.2) is 11.6 Å². The number of nitrogens with zero attached hydrogens (tertiary/aromatic N) is 2. The number of carbonyl (C=O) groups is 1. The van der Waals surface area contributed by atoms with Crippen molar-refractivity contribution < 1.29 is 9.18 Å². The highest BCUT2D eigenvalue weighted by Gasteiger charge is 2.18. The first-order chi connectivity index (χ1) is 9.53. The summed E-state index contributed by atoms with van der Waals surface area (Å²) in [5.41, 5.74) is 2.05. The molecular formula is C13H22FN5O. The van der Waals surface area contributed by atoms with Gasteiger partial charge in [0.25, 0.3) is 5.91 Å². The lowest BCUT2D eigenvalue weighted by molar-refractivity contribution is 0.0926. The van der Waals surface area contributed by atoms with E-state index in [1.807, 2.05) is 6.92 Å². The van der Waals surface area contributed by atoms with Crippen molar-refractivity contribution in [3.05, 3.63) is 23.6 Å². The van der Waals surface area contributed by atoms with Crippen LogP contribution in [-0.2, 0) is 0 Å². The molecule has 1 aromatic heterocycles. The van der Waals surface area contributed by atoms with Crippen LogP contribution in [0.2, 0.25) is 0 Å². The second-order valence-corrected chi connectivity index (χ2v) is 4.53. The summed E-state index contributed by atoms with van der Waals surface area (Å²) >= 11 is 0. The van der Waals surface area contributed by atoms with Gasteiger partial charge < -0.3 is 15.6 Å². The minimum Gasteiger partial charge on any atom is -0.348 e. The summed E-state index contributed by atoms with van der Waals surface area (Å²) in [6.45, 7) is 8.52. The van der Waals surface area contributed by atoms with Crippen LogP contribution in [0.1, 0.15) is 31.1 Å². The minimum atomic E-state index is -0.748. The van der Waals surface area contributed by atoms with Crippen molar-refractivity contribution >= 4 is 11.7 Å². The highest BCUT2D eigenvalue weighted by molar-refractivity contribution is 5.95. The molecule has 0 aliphatic rings. The maximum absolute atomic E-state index is 13.9. The first kappa shape index (κ1) is 16.3. The minimum absolute atomic E-state index is 0.0700. The van der Waals surface area contributed by atoms with E-state index in [1.54, 1.807) is 0 Å². The Bertz CT molecular complexity index is 450. The van der Waals surface area contributed by atoms with Crippen molar-refractivity contribution in [2.45, 2.75) is 26.8 Å².